The second-order valence-corrected chi connectivity index (χ2v) is 11.1. The smallest absolute Gasteiger partial charge is 0.350 e. The quantitative estimate of drug-likeness (QED) is 0.445. The fraction of sp³-hybridized carbons (Fsp3) is 0.414. The van der Waals surface area contributed by atoms with Crippen LogP contribution >= 0.6 is 11.6 Å². The average molecular weight is 552 g/mol. The lowest BCUT2D eigenvalue weighted by atomic mass is 9.98. The number of likely N-dealkylation sites (tertiary alicyclic amines) is 1. The Labute approximate surface area is 231 Å². The molecule has 3 aromatic rings. The largest absolute Gasteiger partial charge is 0.488 e. The topological polar surface area (TPSA) is 70.9 Å². The van der Waals surface area contributed by atoms with Crippen LogP contribution in [0.25, 0.3) is 22.0 Å². The van der Waals surface area contributed by atoms with E-state index in [1.807, 2.05) is 13.8 Å². The molecule has 1 unspecified atom stereocenters. The van der Waals surface area contributed by atoms with Crippen molar-refractivity contribution in [2.45, 2.75) is 38.4 Å². The van der Waals surface area contributed by atoms with Crippen LogP contribution in [0.2, 0.25) is 5.02 Å². The van der Waals surface area contributed by atoms with E-state index in [0.717, 1.165) is 19.5 Å². The van der Waals surface area contributed by atoms with E-state index >= 15 is 4.39 Å². The van der Waals surface area contributed by atoms with Gasteiger partial charge in [-0.15, -0.1) is 0 Å². The maximum atomic E-state index is 15.0. The van der Waals surface area contributed by atoms with Gasteiger partial charge in [0.25, 0.3) is 0 Å². The molecule has 0 spiro atoms. The summed E-state index contributed by atoms with van der Waals surface area (Å²) in [6, 6.07) is 7.71. The maximum Gasteiger partial charge on any atom is 0.350 e. The van der Waals surface area contributed by atoms with Crippen molar-refractivity contribution in [3.63, 3.8) is 0 Å². The van der Waals surface area contributed by atoms with Crippen molar-refractivity contribution in [1.29, 1.82) is 0 Å². The molecule has 2 aromatic carbocycles. The van der Waals surface area contributed by atoms with E-state index in [9.17, 15) is 9.59 Å². The van der Waals surface area contributed by atoms with Crippen LogP contribution in [-0.2, 0) is 4.79 Å². The number of aromatic nitrogens is 2. The number of amides is 1. The van der Waals surface area contributed by atoms with Gasteiger partial charge in [0.05, 0.1) is 16.6 Å². The zero-order valence-electron chi connectivity index (χ0n) is 22.1. The van der Waals surface area contributed by atoms with E-state index in [0.29, 0.717) is 58.3 Å². The van der Waals surface area contributed by atoms with Crippen LogP contribution in [0, 0.1) is 5.82 Å². The molecule has 3 aliphatic rings. The van der Waals surface area contributed by atoms with E-state index in [2.05, 4.69) is 21.4 Å². The number of carbonyl (C=O) groups excluding carboxylic acids is 1. The molecule has 4 heterocycles. The monoisotopic (exact) mass is 551 g/mol. The molecule has 0 bridgehead atoms. The van der Waals surface area contributed by atoms with Gasteiger partial charge < -0.3 is 19.4 Å². The summed E-state index contributed by atoms with van der Waals surface area (Å²) in [5.74, 6) is 0.338. The molecule has 2 saturated heterocycles. The van der Waals surface area contributed by atoms with Gasteiger partial charge in [-0.3, -0.25) is 9.36 Å². The maximum absolute atomic E-state index is 15.0. The average Bonchev–Trinajstić information content (AvgIpc) is 2.88. The fourth-order valence-electron chi connectivity index (χ4n) is 6.22. The summed E-state index contributed by atoms with van der Waals surface area (Å²) in [7, 11) is 0. The van der Waals surface area contributed by atoms with Crippen LogP contribution in [0.15, 0.2) is 47.8 Å². The van der Waals surface area contributed by atoms with Crippen molar-refractivity contribution in [1.82, 2.24) is 19.4 Å². The molecule has 3 aliphatic heterocycles. The van der Waals surface area contributed by atoms with Crippen LogP contribution < -0.4 is 15.3 Å². The van der Waals surface area contributed by atoms with Gasteiger partial charge in [-0.05, 0) is 51.6 Å². The number of halogens is 2. The molecule has 0 N–H and O–H groups in total. The normalized spacial score (nSPS) is 22.9. The second-order valence-electron chi connectivity index (χ2n) is 10.7. The first-order chi connectivity index (χ1) is 18.8. The van der Waals surface area contributed by atoms with Crippen molar-refractivity contribution in [2.24, 2.45) is 0 Å². The third-order valence-electron chi connectivity index (χ3n) is 8.09. The molecule has 1 aromatic heterocycles. The Hall–Kier alpha value is -3.43. The molecule has 1 amide bonds. The molecule has 0 saturated carbocycles. The number of ether oxygens (including phenoxy) is 1. The number of anilines is 1. The Balaban J connectivity index is 1.57. The van der Waals surface area contributed by atoms with Gasteiger partial charge >= 0.3 is 5.69 Å². The molecular formula is C29H31ClFN5O3. The van der Waals surface area contributed by atoms with Crippen LogP contribution in [0.5, 0.6) is 5.75 Å². The minimum Gasteiger partial charge on any atom is -0.488 e. The molecule has 0 radical (unpaired) electrons. The Morgan fingerprint density at radius 3 is 2.59 bits per heavy atom. The number of piperazine rings is 1. The third-order valence-corrected chi connectivity index (χ3v) is 8.39. The highest BCUT2D eigenvalue weighted by atomic mass is 35.5. The van der Waals surface area contributed by atoms with Gasteiger partial charge in [-0.1, -0.05) is 36.4 Å². The lowest BCUT2D eigenvalue weighted by molar-refractivity contribution is -0.127. The Morgan fingerprint density at radius 2 is 1.95 bits per heavy atom. The molecule has 2 fully saturated rings. The molecule has 204 valence electrons. The summed E-state index contributed by atoms with van der Waals surface area (Å²) in [6.45, 7) is 11.4. The third kappa shape index (κ3) is 4.28. The first kappa shape index (κ1) is 25.8. The zero-order valence-corrected chi connectivity index (χ0v) is 22.8. The number of hydrogen-bond donors (Lipinski definition) is 0. The molecule has 10 heteroatoms. The number of nitrogens with zero attached hydrogens (tertiary/aromatic N) is 5. The van der Waals surface area contributed by atoms with E-state index < -0.39 is 5.82 Å². The Kier molecular flexibility index (Phi) is 6.59. The van der Waals surface area contributed by atoms with Crippen molar-refractivity contribution >= 4 is 34.2 Å². The van der Waals surface area contributed by atoms with Crippen molar-refractivity contribution in [3.05, 3.63) is 64.3 Å². The van der Waals surface area contributed by atoms with Crippen LogP contribution in [0.4, 0.5) is 10.2 Å². The fourth-order valence-corrected chi connectivity index (χ4v) is 6.51. The highest BCUT2D eigenvalue weighted by Crippen LogP contribution is 2.47. The zero-order chi connectivity index (χ0) is 27.4. The van der Waals surface area contributed by atoms with Crippen LogP contribution in [0.3, 0.4) is 0 Å². The van der Waals surface area contributed by atoms with Gasteiger partial charge in [0.2, 0.25) is 5.91 Å². The molecule has 8 nitrogen and oxygen atoms in total. The molecule has 6 rings (SSSR count). The molecular weight excluding hydrogens is 521 g/mol. The highest BCUT2D eigenvalue weighted by molar-refractivity contribution is 6.35. The van der Waals surface area contributed by atoms with Gasteiger partial charge in [-0.25, -0.2) is 9.18 Å². The standard InChI is InChI=1S/C29H31ClFN5O3/c1-4-24(37)34-13-17(2)35(18(3)14-34)28-21-12-22(30)25(20-8-5-6-9-23(20)31)27-26(21)36(29(38)32-28)19(16-39-27)15-33-10-7-11-33/h4-6,8-9,12,17-19H,1,7,10-11,13-16H2,2-3H3/t17-,18-,19?/m0/s1. The number of hydrogen-bond acceptors (Lipinski definition) is 6. The summed E-state index contributed by atoms with van der Waals surface area (Å²) in [4.78, 5) is 36.9. The van der Waals surface area contributed by atoms with Gasteiger partial charge in [0.1, 0.15) is 18.2 Å². The minimum absolute atomic E-state index is 0.127. The summed E-state index contributed by atoms with van der Waals surface area (Å²) in [5, 5.41) is 0.989. The van der Waals surface area contributed by atoms with Gasteiger partial charge in [0.15, 0.2) is 5.75 Å². The predicted octanol–water partition coefficient (Wildman–Crippen LogP) is 4.11. The number of carbonyl (C=O) groups is 1. The number of rotatable bonds is 5. The van der Waals surface area contributed by atoms with Gasteiger partial charge in [-0.2, -0.15) is 4.98 Å². The second kappa shape index (κ2) is 9.95. The molecule has 39 heavy (non-hydrogen) atoms. The van der Waals surface area contributed by atoms with Crippen molar-refractivity contribution in [2.75, 3.05) is 44.2 Å². The Bertz CT molecular complexity index is 1530. The predicted molar refractivity (Wildman–Crippen MR) is 150 cm³/mol. The SMILES string of the molecule is C=CC(=O)N1C[C@H](C)N(c2nc(=O)n3c4c(c(-c5ccccc5F)c(Cl)cc24)OCC3CN2CCC2)[C@@H](C)C1. The molecule has 0 aliphatic carbocycles. The van der Waals surface area contributed by atoms with Crippen molar-refractivity contribution < 1.29 is 13.9 Å². The van der Waals surface area contributed by atoms with E-state index in [1.54, 1.807) is 33.7 Å². The van der Waals surface area contributed by atoms with Crippen LogP contribution in [-0.4, -0.2) is 76.7 Å². The van der Waals surface area contributed by atoms with E-state index in [-0.39, 0.29) is 36.3 Å². The van der Waals surface area contributed by atoms with Crippen molar-refractivity contribution in [3.8, 4) is 16.9 Å². The highest BCUT2D eigenvalue weighted by Gasteiger charge is 2.37. The summed E-state index contributed by atoms with van der Waals surface area (Å²) >= 11 is 6.88. The Morgan fingerprint density at radius 1 is 1.23 bits per heavy atom. The van der Waals surface area contributed by atoms with E-state index in [1.165, 1.54) is 12.1 Å². The van der Waals surface area contributed by atoms with Gasteiger partial charge in [0, 0.05) is 48.2 Å². The lowest BCUT2D eigenvalue weighted by Gasteiger charge is -2.45. The lowest BCUT2D eigenvalue weighted by Crippen LogP contribution is -2.58. The van der Waals surface area contributed by atoms with Crippen LogP contribution in [0.1, 0.15) is 26.3 Å². The summed E-state index contributed by atoms with van der Waals surface area (Å²) in [6.07, 6.45) is 2.46. The number of benzene rings is 2. The minimum atomic E-state index is -0.422. The van der Waals surface area contributed by atoms with E-state index in [4.69, 9.17) is 16.3 Å². The first-order valence-electron chi connectivity index (χ1n) is 13.4. The molecule has 3 atom stereocenters. The first-order valence-corrected chi connectivity index (χ1v) is 13.7. The summed E-state index contributed by atoms with van der Waals surface area (Å²) in [5.41, 5.74) is 0.945. The summed E-state index contributed by atoms with van der Waals surface area (Å²) < 4.78 is 23.1.